The molecule has 1 N–H and O–H groups in total. The van der Waals surface area contributed by atoms with E-state index >= 15 is 0 Å². The quantitative estimate of drug-likeness (QED) is 0.555. The first-order valence-electron chi connectivity index (χ1n) is 6.98. The maximum Gasteiger partial charge on any atom is 0.147 e. The number of rotatable bonds is 12. The predicted octanol–water partition coefficient (Wildman–Crippen LogP) is 2.00. The smallest absolute Gasteiger partial charge is 0.147 e. The summed E-state index contributed by atoms with van der Waals surface area (Å²) in [5, 5.41) is 3.46. The van der Waals surface area contributed by atoms with Crippen molar-refractivity contribution in [3.63, 3.8) is 0 Å². The highest BCUT2D eigenvalue weighted by atomic mass is 32.2. The summed E-state index contributed by atoms with van der Waals surface area (Å²) in [5.74, 6) is 0.285. The fraction of sp³-hybridized carbons (Fsp3) is 1.00. The SMILES string of the molecule is CCCNC(CCCS(C)(=O)=O)CCOCCC. The Balaban J connectivity index is 3.83. The Kier molecular flexibility index (Phi) is 10.7. The molecule has 0 saturated heterocycles. The van der Waals surface area contributed by atoms with Gasteiger partial charge in [-0.3, -0.25) is 0 Å². The molecule has 0 saturated carbocycles. The molecule has 0 aliphatic heterocycles. The van der Waals surface area contributed by atoms with Gasteiger partial charge in [-0.2, -0.15) is 0 Å². The summed E-state index contributed by atoms with van der Waals surface area (Å²) >= 11 is 0. The van der Waals surface area contributed by atoms with Crippen molar-refractivity contribution in [3.8, 4) is 0 Å². The fourth-order valence-corrected chi connectivity index (χ4v) is 2.45. The summed E-state index contributed by atoms with van der Waals surface area (Å²) < 4.78 is 27.6. The second-order valence-corrected chi connectivity index (χ2v) is 7.08. The van der Waals surface area contributed by atoms with Crippen LogP contribution in [-0.4, -0.2) is 46.2 Å². The van der Waals surface area contributed by atoms with Gasteiger partial charge in [-0.15, -0.1) is 0 Å². The van der Waals surface area contributed by atoms with Crippen molar-refractivity contribution in [3.05, 3.63) is 0 Å². The molecule has 0 spiro atoms. The monoisotopic (exact) mass is 279 g/mol. The van der Waals surface area contributed by atoms with Gasteiger partial charge in [0, 0.05) is 31.3 Å². The highest BCUT2D eigenvalue weighted by Gasteiger charge is 2.09. The molecule has 1 atom stereocenters. The van der Waals surface area contributed by atoms with Crippen LogP contribution in [0, 0.1) is 0 Å². The highest BCUT2D eigenvalue weighted by molar-refractivity contribution is 7.90. The molecule has 1 unspecified atom stereocenters. The Morgan fingerprint density at radius 3 is 2.39 bits per heavy atom. The summed E-state index contributed by atoms with van der Waals surface area (Å²) in [4.78, 5) is 0. The van der Waals surface area contributed by atoms with Gasteiger partial charge < -0.3 is 10.1 Å². The van der Waals surface area contributed by atoms with E-state index in [4.69, 9.17) is 4.74 Å². The maximum absolute atomic E-state index is 11.1. The van der Waals surface area contributed by atoms with Crippen LogP contribution in [0.3, 0.4) is 0 Å². The maximum atomic E-state index is 11.1. The Morgan fingerprint density at radius 2 is 1.83 bits per heavy atom. The molecule has 0 aromatic heterocycles. The van der Waals surface area contributed by atoms with Crippen LogP contribution in [0.25, 0.3) is 0 Å². The topological polar surface area (TPSA) is 55.4 Å². The summed E-state index contributed by atoms with van der Waals surface area (Å²) in [6.07, 6.45) is 6.03. The van der Waals surface area contributed by atoms with Crippen LogP contribution in [0.4, 0.5) is 0 Å². The zero-order valence-electron chi connectivity index (χ0n) is 12.1. The van der Waals surface area contributed by atoms with Crippen molar-refractivity contribution in [2.45, 2.75) is 52.0 Å². The molecule has 0 radical (unpaired) electrons. The third kappa shape index (κ3) is 12.3. The molecule has 18 heavy (non-hydrogen) atoms. The standard InChI is InChI=1S/C13H29NO3S/c1-4-9-14-13(8-11-17-10-5-2)7-6-12-18(3,15)16/h13-14H,4-12H2,1-3H3. The molecule has 0 bridgehead atoms. The highest BCUT2D eigenvalue weighted by Crippen LogP contribution is 2.05. The van der Waals surface area contributed by atoms with Crippen LogP contribution < -0.4 is 5.32 Å². The van der Waals surface area contributed by atoms with E-state index in [1.807, 2.05) is 0 Å². The van der Waals surface area contributed by atoms with Gasteiger partial charge in [0.2, 0.25) is 0 Å². The molecule has 0 heterocycles. The minimum Gasteiger partial charge on any atom is -0.381 e. The van der Waals surface area contributed by atoms with Gasteiger partial charge in [-0.1, -0.05) is 13.8 Å². The van der Waals surface area contributed by atoms with E-state index in [0.717, 1.165) is 51.9 Å². The Labute approximate surface area is 112 Å². The van der Waals surface area contributed by atoms with Crippen LogP contribution in [0.5, 0.6) is 0 Å². The van der Waals surface area contributed by atoms with Gasteiger partial charge in [0.1, 0.15) is 9.84 Å². The summed E-state index contributed by atoms with van der Waals surface area (Å²) in [6, 6.07) is 0.378. The van der Waals surface area contributed by atoms with Gasteiger partial charge in [-0.05, 0) is 38.6 Å². The first kappa shape index (κ1) is 17.9. The lowest BCUT2D eigenvalue weighted by molar-refractivity contribution is 0.123. The first-order chi connectivity index (χ1) is 8.49. The number of hydrogen-bond donors (Lipinski definition) is 1. The van der Waals surface area contributed by atoms with Gasteiger partial charge in [-0.25, -0.2) is 8.42 Å². The second-order valence-electron chi connectivity index (χ2n) is 4.82. The molecule has 4 nitrogen and oxygen atoms in total. The molecular formula is C13H29NO3S. The van der Waals surface area contributed by atoms with E-state index in [1.54, 1.807) is 0 Å². The van der Waals surface area contributed by atoms with E-state index in [0.29, 0.717) is 6.04 Å². The van der Waals surface area contributed by atoms with Crippen LogP contribution in [0.15, 0.2) is 0 Å². The zero-order chi connectivity index (χ0) is 13.9. The Bertz CT molecular complexity index is 278. The zero-order valence-corrected chi connectivity index (χ0v) is 12.9. The lowest BCUT2D eigenvalue weighted by Crippen LogP contribution is -2.31. The van der Waals surface area contributed by atoms with Gasteiger partial charge >= 0.3 is 0 Å². The van der Waals surface area contributed by atoms with Crippen LogP contribution in [-0.2, 0) is 14.6 Å². The number of hydrogen-bond acceptors (Lipinski definition) is 4. The molecule has 0 aliphatic rings. The second kappa shape index (κ2) is 10.8. The number of ether oxygens (including phenoxy) is 1. The molecule has 0 amide bonds. The normalized spacial score (nSPS) is 13.7. The van der Waals surface area contributed by atoms with E-state index in [9.17, 15) is 8.42 Å². The van der Waals surface area contributed by atoms with Crippen molar-refractivity contribution in [1.82, 2.24) is 5.32 Å². The molecule has 0 rings (SSSR count). The largest absolute Gasteiger partial charge is 0.381 e. The van der Waals surface area contributed by atoms with Crippen molar-refractivity contribution >= 4 is 9.84 Å². The molecule has 0 aromatic rings. The number of sulfone groups is 1. The van der Waals surface area contributed by atoms with Gasteiger partial charge in [0.25, 0.3) is 0 Å². The van der Waals surface area contributed by atoms with Crippen LogP contribution in [0.1, 0.15) is 46.0 Å². The number of nitrogens with one attached hydrogen (secondary N) is 1. The van der Waals surface area contributed by atoms with Gasteiger partial charge in [0.05, 0.1) is 0 Å². The summed E-state index contributed by atoms with van der Waals surface area (Å²) in [7, 11) is -2.83. The summed E-state index contributed by atoms with van der Waals surface area (Å²) in [5.41, 5.74) is 0. The minimum absolute atomic E-state index is 0.285. The molecule has 0 aliphatic carbocycles. The van der Waals surface area contributed by atoms with Gasteiger partial charge in [0.15, 0.2) is 0 Å². The molecule has 110 valence electrons. The molecule has 5 heteroatoms. The van der Waals surface area contributed by atoms with Crippen molar-refractivity contribution in [2.75, 3.05) is 31.8 Å². The Morgan fingerprint density at radius 1 is 1.11 bits per heavy atom. The van der Waals surface area contributed by atoms with Crippen molar-refractivity contribution < 1.29 is 13.2 Å². The average Bonchev–Trinajstić information content (AvgIpc) is 2.29. The van der Waals surface area contributed by atoms with Crippen molar-refractivity contribution in [2.24, 2.45) is 0 Å². The average molecular weight is 279 g/mol. The third-order valence-corrected chi connectivity index (χ3v) is 3.74. The van der Waals surface area contributed by atoms with Crippen molar-refractivity contribution in [1.29, 1.82) is 0 Å². The van der Waals surface area contributed by atoms with E-state index in [1.165, 1.54) is 6.26 Å². The van der Waals surface area contributed by atoms with E-state index in [2.05, 4.69) is 19.2 Å². The molecule has 0 fully saturated rings. The first-order valence-corrected chi connectivity index (χ1v) is 9.04. The molecular weight excluding hydrogens is 250 g/mol. The predicted molar refractivity (Wildman–Crippen MR) is 76.8 cm³/mol. The summed E-state index contributed by atoms with van der Waals surface area (Å²) in [6.45, 7) is 6.78. The Hall–Kier alpha value is -0.130. The van der Waals surface area contributed by atoms with Crippen LogP contribution in [0.2, 0.25) is 0 Å². The van der Waals surface area contributed by atoms with Crippen LogP contribution >= 0.6 is 0 Å². The molecule has 0 aromatic carbocycles. The lowest BCUT2D eigenvalue weighted by Gasteiger charge is -2.18. The fourth-order valence-electron chi connectivity index (χ4n) is 1.76. The third-order valence-electron chi connectivity index (χ3n) is 2.71. The lowest BCUT2D eigenvalue weighted by atomic mass is 10.1. The van der Waals surface area contributed by atoms with E-state index in [-0.39, 0.29) is 5.75 Å². The van der Waals surface area contributed by atoms with E-state index < -0.39 is 9.84 Å². The minimum atomic E-state index is -2.83.